The molecule has 2 aromatic carbocycles. The highest BCUT2D eigenvalue weighted by Gasteiger charge is 2.09. The smallest absolute Gasteiger partial charge is 0.0595 e. The van der Waals surface area contributed by atoms with E-state index in [1.165, 1.54) is 0 Å². The first-order valence-corrected chi connectivity index (χ1v) is 7.09. The zero-order chi connectivity index (χ0) is 14.0. The third-order valence-electron chi connectivity index (χ3n) is 3.08. The monoisotopic (exact) mass is 313 g/mol. The summed E-state index contributed by atoms with van der Waals surface area (Å²) in [5, 5.41) is 5.32. The zero-order valence-electron chi connectivity index (χ0n) is 10.7. The van der Waals surface area contributed by atoms with Gasteiger partial charge >= 0.3 is 0 Å². The molecule has 0 spiro atoms. The van der Waals surface area contributed by atoms with Crippen molar-refractivity contribution in [3.63, 3.8) is 0 Å². The Hall–Kier alpha value is -0.890. The van der Waals surface area contributed by atoms with Gasteiger partial charge in [0, 0.05) is 16.8 Å². The molecule has 4 heteroatoms. The van der Waals surface area contributed by atoms with Crippen LogP contribution in [0.4, 0.5) is 5.69 Å². The Morgan fingerprint density at radius 3 is 2.37 bits per heavy atom. The summed E-state index contributed by atoms with van der Waals surface area (Å²) >= 11 is 18.1. The zero-order valence-corrected chi connectivity index (χ0v) is 12.9. The first-order chi connectivity index (χ1) is 8.99. The van der Waals surface area contributed by atoms with Crippen molar-refractivity contribution < 1.29 is 0 Å². The third kappa shape index (κ3) is 3.36. The van der Waals surface area contributed by atoms with Crippen LogP contribution in [0.5, 0.6) is 0 Å². The standard InChI is InChI=1S/C15H14Cl3N/c1-9-12(16)4-3-5-15(9)19-10(2)11-6-7-13(17)14(18)8-11/h3-8,10,19H,1-2H3. The maximum atomic E-state index is 6.11. The van der Waals surface area contributed by atoms with Gasteiger partial charge in [0.2, 0.25) is 0 Å². The number of rotatable bonds is 3. The average molecular weight is 315 g/mol. The molecule has 1 unspecified atom stereocenters. The van der Waals surface area contributed by atoms with Gasteiger partial charge in [-0.1, -0.05) is 46.9 Å². The molecule has 1 N–H and O–H groups in total. The van der Waals surface area contributed by atoms with Crippen LogP contribution in [0.25, 0.3) is 0 Å². The van der Waals surface area contributed by atoms with E-state index in [2.05, 4.69) is 12.2 Å². The lowest BCUT2D eigenvalue weighted by Crippen LogP contribution is -2.07. The maximum absolute atomic E-state index is 6.11. The van der Waals surface area contributed by atoms with Crippen LogP contribution in [0.2, 0.25) is 15.1 Å². The van der Waals surface area contributed by atoms with E-state index in [4.69, 9.17) is 34.8 Å². The van der Waals surface area contributed by atoms with Gasteiger partial charge in [0.15, 0.2) is 0 Å². The minimum atomic E-state index is 0.118. The second kappa shape index (κ2) is 6.04. The molecule has 1 nitrogen and oxygen atoms in total. The van der Waals surface area contributed by atoms with Crippen molar-refractivity contribution in [2.24, 2.45) is 0 Å². The molecule has 2 aromatic rings. The van der Waals surface area contributed by atoms with Gasteiger partial charge in [-0.15, -0.1) is 0 Å². The minimum Gasteiger partial charge on any atom is -0.378 e. The van der Waals surface area contributed by atoms with Gasteiger partial charge in [0.25, 0.3) is 0 Å². The number of halogens is 3. The molecule has 100 valence electrons. The van der Waals surface area contributed by atoms with E-state index in [0.29, 0.717) is 10.0 Å². The van der Waals surface area contributed by atoms with Crippen molar-refractivity contribution in [3.05, 3.63) is 62.6 Å². The first kappa shape index (κ1) is 14.5. The molecular formula is C15H14Cl3N. The molecule has 0 fully saturated rings. The Morgan fingerprint density at radius 1 is 0.947 bits per heavy atom. The second-order valence-corrected chi connectivity index (χ2v) is 5.67. The van der Waals surface area contributed by atoms with Crippen LogP contribution in [0.15, 0.2) is 36.4 Å². The number of nitrogens with one attached hydrogen (secondary N) is 1. The Kier molecular flexibility index (Phi) is 4.62. The fraction of sp³-hybridized carbons (Fsp3) is 0.200. The van der Waals surface area contributed by atoms with Gasteiger partial charge in [-0.05, 0) is 49.2 Å². The number of anilines is 1. The summed E-state index contributed by atoms with van der Waals surface area (Å²) in [6.07, 6.45) is 0. The van der Waals surface area contributed by atoms with Crippen molar-refractivity contribution in [1.29, 1.82) is 0 Å². The van der Waals surface area contributed by atoms with Crippen molar-refractivity contribution >= 4 is 40.5 Å². The lowest BCUT2D eigenvalue weighted by molar-refractivity contribution is 0.883. The molecule has 0 saturated carbocycles. The van der Waals surface area contributed by atoms with E-state index in [1.807, 2.05) is 43.3 Å². The molecule has 0 saturated heterocycles. The van der Waals surface area contributed by atoms with Gasteiger partial charge in [0.1, 0.15) is 0 Å². The van der Waals surface area contributed by atoms with Crippen LogP contribution < -0.4 is 5.32 Å². The van der Waals surface area contributed by atoms with Crippen LogP contribution in [0.3, 0.4) is 0 Å². The number of hydrogen-bond acceptors (Lipinski definition) is 1. The normalized spacial score (nSPS) is 12.3. The van der Waals surface area contributed by atoms with E-state index < -0.39 is 0 Å². The van der Waals surface area contributed by atoms with Crippen LogP contribution in [0, 0.1) is 6.92 Å². The summed E-state index contributed by atoms with van der Waals surface area (Å²) in [5.41, 5.74) is 3.14. The Bertz CT molecular complexity index is 596. The highest BCUT2D eigenvalue weighted by molar-refractivity contribution is 6.42. The Balaban J connectivity index is 2.23. The molecule has 0 radical (unpaired) electrons. The van der Waals surface area contributed by atoms with E-state index in [9.17, 15) is 0 Å². The highest BCUT2D eigenvalue weighted by atomic mass is 35.5. The van der Waals surface area contributed by atoms with E-state index in [0.717, 1.165) is 21.8 Å². The number of hydrogen-bond donors (Lipinski definition) is 1. The van der Waals surface area contributed by atoms with Crippen LogP contribution in [-0.2, 0) is 0 Å². The largest absolute Gasteiger partial charge is 0.378 e. The Labute approximate surface area is 128 Å². The quantitative estimate of drug-likeness (QED) is 0.718. The molecule has 0 aliphatic rings. The lowest BCUT2D eigenvalue weighted by atomic mass is 10.1. The maximum Gasteiger partial charge on any atom is 0.0595 e. The molecule has 0 amide bonds. The highest BCUT2D eigenvalue weighted by Crippen LogP contribution is 2.29. The second-order valence-electron chi connectivity index (χ2n) is 4.45. The van der Waals surface area contributed by atoms with E-state index in [-0.39, 0.29) is 6.04 Å². The molecule has 2 rings (SSSR count). The van der Waals surface area contributed by atoms with Crippen molar-refractivity contribution in [1.82, 2.24) is 0 Å². The lowest BCUT2D eigenvalue weighted by Gasteiger charge is -2.18. The Morgan fingerprint density at radius 2 is 1.68 bits per heavy atom. The average Bonchev–Trinajstić information content (AvgIpc) is 2.38. The van der Waals surface area contributed by atoms with Gasteiger partial charge < -0.3 is 5.32 Å². The molecular weight excluding hydrogens is 301 g/mol. The van der Waals surface area contributed by atoms with Gasteiger partial charge in [-0.3, -0.25) is 0 Å². The third-order valence-corrected chi connectivity index (χ3v) is 4.23. The fourth-order valence-electron chi connectivity index (χ4n) is 1.86. The molecule has 0 aromatic heterocycles. The number of benzene rings is 2. The van der Waals surface area contributed by atoms with Crippen LogP contribution in [-0.4, -0.2) is 0 Å². The summed E-state index contributed by atoms with van der Waals surface area (Å²) < 4.78 is 0. The SMILES string of the molecule is Cc1c(Cl)cccc1NC(C)c1ccc(Cl)c(Cl)c1. The summed E-state index contributed by atoms with van der Waals surface area (Å²) in [6.45, 7) is 4.06. The minimum absolute atomic E-state index is 0.118. The molecule has 1 atom stereocenters. The summed E-state index contributed by atoms with van der Waals surface area (Å²) in [6, 6.07) is 11.6. The van der Waals surface area contributed by atoms with Crippen molar-refractivity contribution in [2.75, 3.05) is 5.32 Å². The predicted molar refractivity (Wildman–Crippen MR) is 84.7 cm³/mol. The molecule has 0 aliphatic carbocycles. The topological polar surface area (TPSA) is 12.0 Å². The van der Waals surface area contributed by atoms with Crippen molar-refractivity contribution in [2.45, 2.75) is 19.9 Å². The van der Waals surface area contributed by atoms with Crippen molar-refractivity contribution in [3.8, 4) is 0 Å². The molecule has 19 heavy (non-hydrogen) atoms. The van der Waals surface area contributed by atoms with Gasteiger partial charge in [0.05, 0.1) is 10.0 Å². The van der Waals surface area contributed by atoms with Gasteiger partial charge in [-0.25, -0.2) is 0 Å². The fourth-order valence-corrected chi connectivity index (χ4v) is 2.34. The van der Waals surface area contributed by atoms with Crippen LogP contribution in [0.1, 0.15) is 24.1 Å². The van der Waals surface area contributed by atoms with E-state index >= 15 is 0 Å². The first-order valence-electron chi connectivity index (χ1n) is 5.95. The summed E-state index contributed by atoms with van der Waals surface area (Å²) in [5.74, 6) is 0. The molecule has 0 aliphatic heterocycles. The predicted octanol–water partition coefficient (Wildman–Crippen LogP) is 6.13. The van der Waals surface area contributed by atoms with Crippen LogP contribution >= 0.6 is 34.8 Å². The summed E-state index contributed by atoms with van der Waals surface area (Å²) in [4.78, 5) is 0. The molecule has 0 heterocycles. The molecule has 0 bridgehead atoms. The summed E-state index contributed by atoms with van der Waals surface area (Å²) in [7, 11) is 0. The van der Waals surface area contributed by atoms with Gasteiger partial charge in [-0.2, -0.15) is 0 Å². The van der Waals surface area contributed by atoms with E-state index in [1.54, 1.807) is 0 Å².